The SMILES string of the molecule is CN(C)CCCN(C)c1ccc(CNC2CC2)cn1. The maximum Gasteiger partial charge on any atom is 0.128 e. The molecule has 1 heterocycles. The molecular weight excluding hydrogens is 236 g/mol. The second-order valence-electron chi connectivity index (χ2n) is 5.76. The first-order valence-electron chi connectivity index (χ1n) is 7.19. The third-order valence-electron chi connectivity index (χ3n) is 3.47. The van der Waals surface area contributed by atoms with Crippen molar-refractivity contribution < 1.29 is 0 Å². The van der Waals surface area contributed by atoms with E-state index in [-0.39, 0.29) is 0 Å². The number of anilines is 1. The molecule has 0 saturated heterocycles. The Morgan fingerprint density at radius 1 is 1.21 bits per heavy atom. The standard InChI is InChI=1S/C15H26N4/c1-18(2)9-4-10-19(3)15-8-5-13(12-17-15)11-16-14-6-7-14/h5,8,12,14,16H,4,6-7,9-11H2,1-3H3. The van der Waals surface area contributed by atoms with E-state index in [1.165, 1.54) is 18.4 Å². The highest BCUT2D eigenvalue weighted by Crippen LogP contribution is 2.19. The van der Waals surface area contributed by atoms with Gasteiger partial charge in [0.1, 0.15) is 5.82 Å². The van der Waals surface area contributed by atoms with Gasteiger partial charge in [-0.25, -0.2) is 4.98 Å². The first-order chi connectivity index (χ1) is 9.15. The van der Waals surface area contributed by atoms with Gasteiger partial charge < -0.3 is 15.1 Å². The smallest absolute Gasteiger partial charge is 0.128 e. The summed E-state index contributed by atoms with van der Waals surface area (Å²) in [5.41, 5.74) is 1.28. The molecule has 106 valence electrons. The topological polar surface area (TPSA) is 31.4 Å². The molecule has 19 heavy (non-hydrogen) atoms. The first-order valence-corrected chi connectivity index (χ1v) is 7.19. The van der Waals surface area contributed by atoms with Gasteiger partial charge >= 0.3 is 0 Å². The third-order valence-corrected chi connectivity index (χ3v) is 3.47. The summed E-state index contributed by atoms with van der Waals surface area (Å²) in [4.78, 5) is 8.99. The van der Waals surface area contributed by atoms with Crippen LogP contribution in [-0.4, -0.2) is 50.2 Å². The van der Waals surface area contributed by atoms with Crippen molar-refractivity contribution in [2.75, 3.05) is 39.1 Å². The molecule has 0 aliphatic heterocycles. The van der Waals surface area contributed by atoms with Crippen molar-refractivity contribution in [3.05, 3.63) is 23.9 Å². The van der Waals surface area contributed by atoms with E-state index >= 15 is 0 Å². The van der Waals surface area contributed by atoms with Crippen LogP contribution in [0.3, 0.4) is 0 Å². The normalized spacial score (nSPS) is 14.9. The second-order valence-corrected chi connectivity index (χ2v) is 5.76. The Bertz CT molecular complexity index is 370. The van der Waals surface area contributed by atoms with Crippen LogP contribution in [0.2, 0.25) is 0 Å². The molecule has 0 radical (unpaired) electrons. The van der Waals surface area contributed by atoms with Crippen molar-refractivity contribution in [3.63, 3.8) is 0 Å². The van der Waals surface area contributed by atoms with Crippen molar-refractivity contribution >= 4 is 5.82 Å². The molecule has 1 saturated carbocycles. The lowest BCUT2D eigenvalue weighted by atomic mass is 10.2. The maximum absolute atomic E-state index is 4.55. The molecule has 1 aliphatic rings. The predicted octanol–water partition coefficient (Wildman–Crippen LogP) is 1.72. The summed E-state index contributed by atoms with van der Waals surface area (Å²) in [6, 6.07) is 5.06. The van der Waals surface area contributed by atoms with Crippen LogP contribution in [0, 0.1) is 0 Å². The molecule has 1 N–H and O–H groups in total. The highest BCUT2D eigenvalue weighted by Gasteiger charge is 2.19. The summed E-state index contributed by atoms with van der Waals surface area (Å²) < 4.78 is 0. The summed E-state index contributed by atoms with van der Waals surface area (Å²) in [5, 5.41) is 3.51. The molecule has 0 spiro atoms. The lowest BCUT2D eigenvalue weighted by molar-refractivity contribution is 0.401. The number of pyridine rings is 1. The van der Waals surface area contributed by atoms with Crippen LogP contribution in [0.15, 0.2) is 18.3 Å². The van der Waals surface area contributed by atoms with Gasteiger partial charge in [-0.2, -0.15) is 0 Å². The van der Waals surface area contributed by atoms with Crippen LogP contribution in [0.1, 0.15) is 24.8 Å². The van der Waals surface area contributed by atoms with Gasteiger partial charge in [-0.3, -0.25) is 0 Å². The van der Waals surface area contributed by atoms with Gasteiger partial charge in [0.25, 0.3) is 0 Å². The number of nitrogens with zero attached hydrogens (tertiary/aromatic N) is 3. The van der Waals surface area contributed by atoms with Crippen LogP contribution in [-0.2, 0) is 6.54 Å². The lowest BCUT2D eigenvalue weighted by Gasteiger charge is -2.19. The molecule has 4 nitrogen and oxygen atoms in total. The van der Waals surface area contributed by atoms with Crippen molar-refractivity contribution in [1.82, 2.24) is 15.2 Å². The molecule has 0 amide bonds. The monoisotopic (exact) mass is 262 g/mol. The molecule has 4 heteroatoms. The van der Waals surface area contributed by atoms with E-state index in [1.54, 1.807) is 0 Å². The van der Waals surface area contributed by atoms with E-state index < -0.39 is 0 Å². The maximum atomic E-state index is 4.55. The molecule has 0 unspecified atom stereocenters. The van der Waals surface area contributed by atoms with E-state index in [2.05, 4.69) is 53.4 Å². The van der Waals surface area contributed by atoms with Gasteiger partial charge in [0, 0.05) is 32.4 Å². The summed E-state index contributed by atoms with van der Waals surface area (Å²) in [6.45, 7) is 3.11. The number of nitrogens with one attached hydrogen (secondary N) is 1. The fourth-order valence-electron chi connectivity index (χ4n) is 2.04. The summed E-state index contributed by atoms with van der Waals surface area (Å²) in [5.74, 6) is 1.06. The van der Waals surface area contributed by atoms with Gasteiger partial charge in [0.2, 0.25) is 0 Å². The third kappa shape index (κ3) is 5.17. The fraction of sp³-hybridized carbons (Fsp3) is 0.667. The Balaban J connectivity index is 1.75. The second kappa shape index (κ2) is 6.87. The van der Waals surface area contributed by atoms with Gasteiger partial charge in [0.15, 0.2) is 0 Å². The molecule has 1 aliphatic carbocycles. The summed E-state index contributed by atoms with van der Waals surface area (Å²) >= 11 is 0. The van der Waals surface area contributed by atoms with Crippen molar-refractivity contribution in [2.24, 2.45) is 0 Å². The van der Waals surface area contributed by atoms with E-state index in [1.807, 2.05) is 6.20 Å². The molecule has 2 rings (SSSR count). The largest absolute Gasteiger partial charge is 0.360 e. The van der Waals surface area contributed by atoms with Crippen LogP contribution in [0.4, 0.5) is 5.82 Å². The zero-order valence-corrected chi connectivity index (χ0v) is 12.4. The molecular formula is C15H26N4. The van der Waals surface area contributed by atoms with Gasteiger partial charge in [-0.05, 0) is 51.5 Å². The van der Waals surface area contributed by atoms with Crippen LogP contribution < -0.4 is 10.2 Å². The number of aromatic nitrogens is 1. The highest BCUT2D eigenvalue weighted by atomic mass is 15.2. The van der Waals surface area contributed by atoms with Crippen molar-refractivity contribution in [2.45, 2.75) is 31.8 Å². The molecule has 1 aromatic heterocycles. The minimum atomic E-state index is 0.758. The number of hydrogen-bond donors (Lipinski definition) is 1. The molecule has 0 bridgehead atoms. The van der Waals surface area contributed by atoms with Gasteiger partial charge in [-0.15, -0.1) is 0 Å². The molecule has 0 aromatic carbocycles. The van der Waals surface area contributed by atoms with E-state index in [4.69, 9.17) is 0 Å². The zero-order valence-electron chi connectivity index (χ0n) is 12.4. The minimum absolute atomic E-state index is 0.758. The highest BCUT2D eigenvalue weighted by molar-refractivity contribution is 5.38. The Labute approximate surface area is 116 Å². The molecule has 1 aromatic rings. The van der Waals surface area contributed by atoms with Gasteiger partial charge in [0.05, 0.1) is 0 Å². The van der Waals surface area contributed by atoms with Gasteiger partial charge in [-0.1, -0.05) is 6.07 Å². The fourth-order valence-corrected chi connectivity index (χ4v) is 2.04. The number of hydrogen-bond acceptors (Lipinski definition) is 4. The summed E-state index contributed by atoms with van der Waals surface area (Å²) in [7, 11) is 6.33. The molecule has 0 atom stereocenters. The van der Waals surface area contributed by atoms with E-state index in [0.717, 1.165) is 37.9 Å². The Morgan fingerprint density at radius 3 is 2.58 bits per heavy atom. The average molecular weight is 262 g/mol. The summed E-state index contributed by atoms with van der Waals surface area (Å²) in [6.07, 6.45) is 5.82. The van der Waals surface area contributed by atoms with Crippen molar-refractivity contribution in [3.8, 4) is 0 Å². The average Bonchev–Trinajstić information content (AvgIpc) is 3.20. The van der Waals surface area contributed by atoms with E-state index in [9.17, 15) is 0 Å². The van der Waals surface area contributed by atoms with Crippen molar-refractivity contribution in [1.29, 1.82) is 0 Å². The Kier molecular flexibility index (Phi) is 5.16. The number of rotatable bonds is 8. The first kappa shape index (κ1) is 14.3. The van der Waals surface area contributed by atoms with Crippen LogP contribution >= 0.6 is 0 Å². The van der Waals surface area contributed by atoms with E-state index in [0.29, 0.717) is 0 Å². The Hall–Kier alpha value is -1.13. The minimum Gasteiger partial charge on any atom is -0.360 e. The van der Waals surface area contributed by atoms with Crippen LogP contribution in [0.25, 0.3) is 0 Å². The zero-order chi connectivity index (χ0) is 13.7. The quantitative estimate of drug-likeness (QED) is 0.773. The van der Waals surface area contributed by atoms with Crippen LogP contribution in [0.5, 0.6) is 0 Å². The predicted molar refractivity (Wildman–Crippen MR) is 80.5 cm³/mol. The molecule has 1 fully saturated rings. The lowest BCUT2D eigenvalue weighted by Crippen LogP contribution is -2.24. The Morgan fingerprint density at radius 2 is 2.00 bits per heavy atom.